The lowest BCUT2D eigenvalue weighted by atomic mass is 9.95. The van der Waals surface area contributed by atoms with Gasteiger partial charge >= 0.3 is 0 Å². The van der Waals surface area contributed by atoms with E-state index in [9.17, 15) is 9.59 Å². The topological polar surface area (TPSA) is 130 Å². The van der Waals surface area contributed by atoms with Crippen molar-refractivity contribution in [3.63, 3.8) is 0 Å². The zero-order chi connectivity index (χ0) is 26.6. The van der Waals surface area contributed by atoms with Crippen molar-refractivity contribution in [3.05, 3.63) is 65.7 Å². The first-order valence-electron chi connectivity index (χ1n) is 13.2. The maximum Gasteiger partial charge on any atom is 0.284 e. The van der Waals surface area contributed by atoms with Crippen LogP contribution in [0, 0.1) is 0 Å². The smallest absolute Gasteiger partial charge is 0.284 e. The number of fused-ring (bicyclic) bond motifs is 2. The number of hydrogen-bond donors (Lipinski definition) is 2. The second-order valence-corrected chi connectivity index (χ2v) is 10.1. The number of furan rings is 1. The summed E-state index contributed by atoms with van der Waals surface area (Å²) in [5.41, 5.74) is 15.3. The van der Waals surface area contributed by atoms with E-state index in [4.69, 9.17) is 25.6 Å². The highest BCUT2D eigenvalue weighted by molar-refractivity contribution is 5.98. The van der Waals surface area contributed by atoms with Crippen molar-refractivity contribution >= 4 is 33.8 Å². The van der Waals surface area contributed by atoms with Gasteiger partial charge in [0, 0.05) is 62.7 Å². The molecule has 2 amide bonds. The highest BCUT2D eigenvalue weighted by Gasteiger charge is 2.30. The number of piperidine rings is 1. The third-order valence-electron chi connectivity index (χ3n) is 7.38. The van der Waals surface area contributed by atoms with Crippen molar-refractivity contribution in [1.82, 2.24) is 14.5 Å². The summed E-state index contributed by atoms with van der Waals surface area (Å²) in [5, 5.41) is 0.801. The third-order valence-corrected chi connectivity index (χ3v) is 7.38. The van der Waals surface area contributed by atoms with Gasteiger partial charge in [-0.05, 0) is 43.9 Å². The molecule has 2 aromatic heterocycles. The molecule has 0 unspecified atom stereocenters. The largest absolute Gasteiger partial charge is 0.451 e. The molecular weight excluding hydrogens is 482 g/mol. The summed E-state index contributed by atoms with van der Waals surface area (Å²) in [4.78, 5) is 32.2. The molecule has 200 valence electrons. The second-order valence-electron chi connectivity index (χ2n) is 10.1. The van der Waals surface area contributed by atoms with Crippen LogP contribution in [0.5, 0.6) is 0 Å². The zero-order valence-electron chi connectivity index (χ0n) is 21.8. The van der Waals surface area contributed by atoms with Gasteiger partial charge in [-0.1, -0.05) is 30.3 Å². The molecule has 0 radical (unpaired) electrons. The minimum Gasteiger partial charge on any atom is -0.451 e. The van der Waals surface area contributed by atoms with Crippen LogP contribution in [0.2, 0.25) is 0 Å². The lowest BCUT2D eigenvalue weighted by molar-refractivity contribution is -0.132. The van der Waals surface area contributed by atoms with Crippen LogP contribution < -0.4 is 11.5 Å². The summed E-state index contributed by atoms with van der Waals surface area (Å²) in [5.74, 6) is 0.664. The Morgan fingerprint density at radius 2 is 1.97 bits per heavy atom. The standard InChI is InChI=1S/C29H35N5O4/c1-37-15-7-14-34-24-11-4-3-10-23(24)32-29(34)19-8-6-13-33(18-19)26(35)17-20(30)16-22-21-9-2-5-12-25(21)38-27(22)28(31)36/h2-5,9-12,19-20H,6-8,13-18,30H2,1H3,(H2,31,36)/t19-,20+/m1/s1. The van der Waals surface area contributed by atoms with Crippen LogP contribution in [0.25, 0.3) is 22.0 Å². The van der Waals surface area contributed by atoms with E-state index in [0.717, 1.165) is 48.1 Å². The number of para-hydroxylation sites is 3. The van der Waals surface area contributed by atoms with E-state index in [1.807, 2.05) is 41.3 Å². The maximum atomic E-state index is 13.4. The fourth-order valence-electron chi connectivity index (χ4n) is 5.61. The average Bonchev–Trinajstić information content (AvgIpc) is 3.48. The van der Waals surface area contributed by atoms with E-state index in [1.54, 1.807) is 13.2 Å². The van der Waals surface area contributed by atoms with Crippen LogP contribution in [0.1, 0.15) is 53.5 Å². The molecule has 1 fully saturated rings. The van der Waals surface area contributed by atoms with Gasteiger partial charge in [0.15, 0.2) is 5.76 Å². The number of benzene rings is 2. The molecule has 1 aliphatic rings. The monoisotopic (exact) mass is 517 g/mol. The predicted molar refractivity (Wildman–Crippen MR) is 146 cm³/mol. The SMILES string of the molecule is COCCCn1c([C@@H]2CCCN(C(=O)C[C@@H](N)Cc3c(C(N)=O)oc4ccccc34)C2)nc2ccccc21. The van der Waals surface area contributed by atoms with Gasteiger partial charge in [-0.2, -0.15) is 0 Å². The number of rotatable bonds is 10. The van der Waals surface area contributed by atoms with Gasteiger partial charge in [0.1, 0.15) is 11.4 Å². The molecule has 2 aromatic carbocycles. The molecule has 0 spiro atoms. The molecule has 4 aromatic rings. The number of carbonyl (C=O) groups excluding carboxylic acids is 2. The number of carbonyl (C=O) groups is 2. The fraction of sp³-hybridized carbons (Fsp3) is 0.414. The van der Waals surface area contributed by atoms with Crippen LogP contribution in [-0.2, 0) is 22.5 Å². The Morgan fingerprint density at radius 1 is 1.18 bits per heavy atom. The van der Waals surface area contributed by atoms with Crippen molar-refractivity contribution in [3.8, 4) is 0 Å². The van der Waals surface area contributed by atoms with E-state index in [1.165, 1.54) is 0 Å². The maximum absolute atomic E-state index is 13.4. The van der Waals surface area contributed by atoms with Crippen LogP contribution in [0.3, 0.4) is 0 Å². The zero-order valence-corrected chi connectivity index (χ0v) is 21.8. The Bertz CT molecular complexity index is 1440. The van der Waals surface area contributed by atoms with Gasteiger partial charge in [-0.3, -0.25) is 9.59 Å². The number of likely N-dealkylation sites (tertiary alicyclic amines) is 1. The average molecular weight is 518 g/mol. The quantitative estimate of drug-likeness (QED) is 0.309. The Hall–Kier alpha value is -3.69. The minimum atomic E-state index is -0.637. The van der Waals surface area contributed by atoms with Crippen molar-refractivity contribution in [2.24, 2.45) is 11.5 Å². The highest BCUT2D eigenvalue weighted by Crippen LogP contribution is 2.31. The lowest BCUT2D eigenvalue weighted by Gasteiger charge is -2.33. The molecule has 38 heavy (non-hydrogen) atoms. The normalized spacial score (nSPS) is 16.8. The molecule has 9 nitrogen and oxygen atoms in total. The van der Waals surface area contributed by atoms with E-state index in [2.05, 4.69) is 10.6 Å². The third kappa shape index (κ3) is 5.30. The second kappa shape index (κ2) is 11.4. The molecule has 5 rings (SSSR count). The number of aryl methyl sites for hydroxylation is 1. The van der Waals surface area contributed by atoms with E-state index in [-0.39, 0.29) is 24.0 Å². The molecule has 3 heterocycles. The van der Waals surface area contributed by atoms with Crippen molar-refractivity contribution in [1.29, 1.82) is 0 Å². The summed E-state index contributed by atoms with van der Waals surface area (Å²) in [6.07, 6.45) is 3.28. The number of nitrogens with two attached hydrogens (primary N) is 2. The van der Waals surface area contributed by atoms with Crippen molar-refractivity contribution < 1.29 is 18.7 Å². The summed E-state index contributed by atoms with van der Waals surface area (Å²) in [6, 6.07) is 15.1. The number of imidazole rings is 1. The fourth-order valence-corrected chi connectivity index (χ4v) is 5.61. The number of ether oxygens (including phenoxy) is 1. The van der Waals surface area contributed by atoms with Gasteiger partial charge < -0.3 is 30.1 Å². The van der Waals surface area contributed by atoms with E-state index in [0.29, 0.717) is 37.3 Å². The summed E-state index contributed by atoms with van der Waals surface area (Å²) in [6.45, 7) is 2.82. The van der Waals surface area contributed by atoms with Crippen LogP contribution in [0.4, 0.5) is 0 Å². The molecule has 1 aliphatic heterocycles. The Labute approximate surface area is 221 Å². The first-order chi connectivity index (χ1) is 18.5. The van der Waals surface area contributed by atoms with Gasteiger partial charge in [0.05, 0.1) is 11.0 Å². The molecule has 0 bridgehead atoms. The molecule has 9 heteroatoms. The van der Waals surface area contributed by atoms with Crippen molar-refractivity contribution in [2.75, 3.05) is 26.8 Å². The summed E-state index contributed by atoms with van der Waals surface area (Å²) >= 11 is 0. The Balaban J connectivity index is 1.29. The van der Waals surface area contributed by atoms with E-state index >= 15 is 0 Å². The Morgan fingerprint density at radius 3 is 2.79 bits per heavy atom. The molecule has 4 N–H and O–H groups in total. The molecule has 1 saturated heterocycles. The van der Waals surface area contributed by atoms with Gasteiger partial charge in [-0.15, -0.1) is 0 Å². The number of amides is 2. The van der Waals surface area contributed by atoms with Gasteiger partial charge in [0.2, 0.25) is 5.91 Å². The highest BCUT2D eigenvalue weighted by atomic mass is 16.5. The van der Waals surface area contributed by atoms with Crippen LogP contribution in [-0.4, -0.2) is 59.1 Å². The number of methoxy groups -OCH3 is 1. The number of hydrogen-bond acceptors (Lipinski definition) is 6. The predicted octanol–water partition coefficient (Wildman–Crippen LogP) is 3.58. The number of aromatic nitrogens is 2. The lowest BCUT2D eigenvalue weighted by Crippen LogP contribution is -2.42. The van der Waals surface area contributed by atoms with Crippen LogP contribution in [0.15, 0.2) is 52.9 Å². The molecule has 2 atom stereocenters. The summed E-state index contributed by atoms with van der Waals surface area (Å²) < 4.78 is 13.2. The molecule has 0 saturated carbocycles. The molecular formula is C29H35N5O4. The van der Waals surface area contributed by atoms with Gasteiger partial charge in [-0.25, -0.2) is 4.98 Å². The number of nitrogens with zero attached hydrogens (tertiary/aromatic N) is 3. The minimum absolute atomic E-state index is 0.0117. The van der Waals surface area contributed by atoms with Gasteiger partial charge in [0.25, 0.3) is 5.91 Å². The number of primary amides is 1. The first-order valence-corrected chi connectivity index (χ1v) is 13.2. The first kappa shape index (κ1) is 25.9. The summed E-state index contributed by atoms with van der Waals surface area (Å²) in [7, 11) is 1.71. The Kier molecular flexibility index (Phi) is 7.76. The van der Waals surface area contributed by atoms with Crippen molar-refractivity contribution in [2.45, 2.75) is 50.6 Å². The van der Waals surface area contributed by atoms with E-state index < -0.39 is 11.9 Å². The van der Waals surface area contributed by atoms with Crippen LogP contribution >= 0.6 is 0 Å². The molecule has 0 aliphatic carbocycles.